The Morgan fingerprint density at radius 2 is 0.403 bits per heavy atom. The van der Waals surface area contributed by atoms with Crippen molar-refractivity contribution in [3.05, 3.63) is 461 Å². The zero-order chi connectivity index (χ0) is 81.7. The van der Waals surface area contributed by atoms with Crippen molar-refractivity contribution in [2.75, 3.05) is 9.80 Å². The Morgan fingerprint density at radius 3 is 0.782 bits per heavy atom. The molecule has 8 heteroatoms. The lowest BCUT2D eigenvalue weighted by Gasteiger charge is -2.26. The van der Waals surface area contributed by atoms with E-state index < -0.39 is 0 Å². The van der Waals surface area contributed by atoms with Crippen molar-refractivity contribution in [1.82, 2.24) is 18.3 Å². The fraction of sp³-hybridized carbons (Fsp3) is 0. The maximum Gasteiger partial charge on any atom is 0.0727 e. The summed E-state index contributed by atoms with van der Waals surface area (Å²) in [5.41, 5.74) is 30.8. The lowest BCUT2D eigenvalue weighted by atomic mass is 9.98. The highest BCUT2D eigenvalue weighted by molar-refractivity contribution is 7.27. The van der Waals surface area contributed by atoms with Gasteiger partial charge >= 0.3 is 0 Å². The second kappa shape index (κ2) is 30.1. The zero-order valence-corrected chi connectivity index (χ0v) is 69.0. The van der Waals surface area contributed by atoms with Crippen molar-refractivity contribution in [2.24, 2.45) is 0 Å². The fourth-order valence-electron chi connectivity index (χ4n) is 19.2. The molecule has 19 aromatic carbocycles. The molecule has 0 amide bonds. The third-order valence-corrected chi connectivity index (χ3v) is 27.4. The summed E-state index contributed by atoms with van der Waals surface area (Å²) in [6, 6.07) is 167. The first-order valence-electron chi connectivity index (χ1n) is 42.3. The van der Waals surface area contributed by atoms with E-state index in [9.17, 15) is 0 Å². The van der Waals surface area contributed by atoms with Crippen LogP contribution in [0.2, 0.25) is 0 Å². The number of hydrogen-bond donors (Lipinski definition) is 0. The monoisotopic (exact) mass is 1620 g/mol. The van der Waals surface area contributed by atoms with Crippen molar-refractivity contribution in [2.45, 2.75) is 0 Å². The number of hydrogen-bond acceptors (Lipinski definition) is 4. The summed E-state index contributed by atoms with van der Waals surface area (Å²) < 4.78 is 14.9. The lowest BCUT2D eigenvalue weighted by molar-refractivity contribution is 1.17. The Bertz CT molecular complexity index is 8260. The first-order valence-corrected chi connectivity index (χ1v) is 43.9. The smallest absolute Gasteiger partial charge is 0.0727 e. The minimum absolute atomic E-state index is 1.09. The number of benzene rings is 19. The number of para-hydroxylation sites is 8. The molecule has 0 aliphatic carbocycles. The van der Waals surface area contributed by atoms with Gasteiger partial charge in [0.15, 0.2) is 0 Å². The van der Waals surface area contributed by atoms with Crippen LogP contribution in [0.5, 0.6) is 0 Å². The van der Waals surface area contributed by atoms with Gasteiger partial charge in [-0.2, -0.15) is 0 Å². The van der Waals surface area contributed by atoms with Crippen LogP contribution in [0.1, 0.15) is 0 Å². The third-order valence-electron chi connectivity index (χ3n) is 24.9. The van der Waals surface area contributed by atoms with Crippen molar-refractivity contribution >= 4 is 174 Å². The first kappa shape index (κ1) is 72.2. The summed E-state index contributed by atoms with van der Waals surface area (Å²) in [5, 5.41) is 12.7. The molecule has 0 fully saturated rings. The van der Waals surface area contributed by atoms with Gasteiger partial charge in [-0.3, -0.25) is 0 Å². The highest BCUT2D eigenvalue weighted by Gasteiger charge is 2.25. The van der Waals surface area contributed by atoms with Gasteiger partial charge in [0.1, 0.15) is 0 Å². The van der Waals surface area contributed by atoms with E-state index in [1.807, 2.05) is 22.7 Å². The summed E-state index contributed by atoms with van der Waals surface area (Å²) in [4.78, 5) is 4.74. The Balaban J connectivity index is 0.000000140. The van der Waals surface area contributed by atoms with Gasteiger partial charge in [-0.05, 0) is 213 Å². The largest absolute Gasteiger partial charge is 0.311 e. The molecule has 6 nitrogen and oxygen atoms in total. The van der Waals surface area contributed by atoms with Crippen LogP contribution in [0, 0.1) is 0 Å². The van der Waals surface area contributed by atoms with Crippen LogP contribution in [0.25, 0.3) is 184 Å². The molecular formula is C116H76N6S2. The van der Waals surface area contributed by atoms with E-state index in [-0.39, 0.29) is 0 Å². The summed E-state index contributed by atoms with van der Waals surface area (Å²) in [7, 11) is 0. The van der Waals surface area contributed by atoms with E-state index in [0.29, 0.717) is 0 Å². The number of aromatic nitrogens is 4. The molecule has 0 saturated heterocycles. The predicted octanol–water partition coefficient (Wildman–Crippen LogP) is 33.0. The summed E-state index contributed by atoms with van der Waals surface area (Å²) in [6.45, 7) is 0. The predicted molar refractivity (Wildman–Crippen MR) is 530 cm³/mol. The number of nitrogens with zero attached hydrogens (tertiary/aromatic N) is 6. The van der Waals surface area contributed by atoms with E-state index >= 15 is 0 Å². The van der Waals surface area contributed by atoms with E-state index in [1.165, 1.54) is 173 Å². The van der Waals surface area contributed by atoms with Gasteiger partial charge < -0.3 is 28.1 Å². The van der Waals surface area contributed by atoms with E-state index in [4.69, 9.17) is 0 Å². The molecule has 0 radical (unpaired) electrons. The highest BCUT2D eigenvalue weighted by Crippen LogP contribution is 2.50. The average molecular weight is 1620 g/mol. The van der Waals surface area contributed by atoms with Gasteiger partial charge in [0.25, 0.3) is 0 Å². The molecule has 124 heavy (non-hydrogen) atoms. The normalized spacial score (nSPS) is 11.7. The van der Waals surface area contributed by atoms with Gasteiger partial charge in [0, 0.05) is 109 Å². The number of fused-ring (bicyclic) bond motifs is 17. The van der Waals surface area contributed by atoms with Crippen LogP contribution < -0.4 is 9.80 Å². The van der Waals surface area contributed by atoms with E-state index in [1.54, 1.807) is 0 Å². The first-order chi connectivity index (χ1) is 61.5. The quantitative estimate of drug-likeness (QED) is 0.108. The molecule has 0 aliphatic rings. The van der Waals surface area contributed by atoms with Crippen LogP contribution in [-0.4, -0.2) is 18.3 Å². The molecule has 25 aromatic rings. The molecule has 0 spiro atoms. The number of rotatable bonds is 14. The molecule has 6 aromatic heterocycles. The van der Waals surface area contributed by atoms with Gasteiger partial charge in [0.2, 0.25) is 0 Å². The average Bonchev–Trinajstić information content (AvgIpc) is 1.56. The van der Waals surface area contributed by atoms with Crippen LogP contribution in [-0.2, 0) is 0 Å². The summed E-state index contributed by atoms with van der Waals surface area (Å²) >= 11 is 3.80. The highest BCUT2D eigenvalue weighted by atomic mass is 32.1. The Hall–Kier alpha value is -15.8. The van der Waals surface area contributed by atoms with Crippen molar-refractivity contribution in [1.29, 1.82) is 0 Å². The molecule has 0 atom stereocenters. The molecule has 6 heterocycles. The van der Waals surface area contributed by atoms with Gasteiger partial charge in [-0.25, -0.2) is 0 Å². The second-order valence-electron chi connectivity index (χ2n) is 31.8. The molecule has 25 rings (SSSR count). The van der Waals surface area contributed by atoms with Crippen molar-refractivity contribution in [3.8, 4) is 67.3 Å². The van der Waals surface area contributed by atoms with Gasteiger partial charge in [-0.15, -0.1) is 22.7 Å². The molecule has 582 valence electrons. The maximum absolute atomic E-state index is 2.44. The standard InChI is InChI=1S/C60H39N3S.C56H37N3S/c1-2-16-43(17-3-1)63-57-27-11-8-21-53(57)60-58(63)54-24-13-23-50(59(54)64-60)42-30-34-45(35-31-42)61(44-32-28-41(29-33-44)49-22-12-15-40-14-4-5-18-48(40)49)46-36-38-47(39-37-46)62-55-25-9-6-19-51(55)52-20-7-10-26-56(52)62;1-3-14-38(15-4-1)39-26-30-42(31-27-39)57(44-34-36-45(37-35-44)58-51-23-10-7-18-47(51)48-19-8-11-24-52(48)58)43-32-28-40(29-33-43)46-21-13-22-50-54-56(60-55(46)50)49-20-9-12-25-53(49)59(54)41-16-5-2-6-17-41/h1-39H;1-37H. The third kappa shape index (κ3) is 12.1. The Morgan fingerprint density at radius 1 is 0.153 bits per heavy atom. The molecule has 0 N–H and O–H groups in total. The fourth-order valence-corrected chi connectivity index (χ4v) is 21.9. The van der Waals surface area contributed by atoms with E-state index in [2.05, 4.69) is 489 Å². The van der Waals surface area contributed by atoms with Crippen LogP contribution >= 0.6 is 22.7 Å². The summed E-state index contributed by atoms with van der Waals surface area (Å²) in [6.07, 6.45) is 0. The SMILES string of the molecule is c1ccc(-c2ccc(N(c3ccc(-c4cccc5c4sc4c6ccccc6n(-c6ccccc6)c54)cc3)c3ccc(-n4c5ccccc5c5ccccc54)cc3)cc2)cc1.c1ccc(-n2c3ccccc3c3sc4c(-c5ccc(N(c6ccc(-c7cccc8ccccc78)cc6)c6ccc(-n7c8ccccc8c8ccccc87)cc6)cc5)cccc4c32)cc1. The zero-order valence-electron chi connectivity index (χ0n) is 67.4. The summed E-state index contributed by atoms with van der Waals surface area (Å²) in [5.74, 6) is 0. The Labute approximate surface area is 724 Å². The van der Waals surface area contributed by atoms with Gasteiger partial charge in [0.05, 0.1) is 53.5 Å². The molecule has 0 saturated carbocycles. The number of thiophene rings is 2. The number of anilines is 6. The van der Waals surface area contributed by atoms with Crippen molar-refractivity contribution in [3.63, 3.8) is 0 Å². The van der Waals surface area contributed by atoms with Gasteiger partial charge in [-0.1, -0.05) is 303 Å². The molecule has 0 unspecified atom stereocenters. The minimum atomic E-state index is 1.09. The maximum atomic E-state index is 2.44. The second-order valence-corrected chi connectivity index (χ2v) is 33.9. The molecule has 0 aliphatic heterocycles. The minimum Gasteiger partial charge on any atom is -0.311 e. The van der Waals surface area contributed by atoms with Crippen molar-refractivity contribution < 1.29 is 0 Å². The van der Waals surface area contributed by atoms with Crippen LogP contribution in [0.15, 0.2) is 461 Å². The van der Waals surface area contributed by atoms with E-state index in [0.717, 1.165) is 45.5 Å². The van der Waals surface area contributed by atoms with Crippen LogP contribution in [0.4, 0.5) is 34.1 Å². The topological polar surface area (TPSA) is 26.2 Å². The molecule has 0 bridgehead atoms. The Kier molecular flexibility index (Phi) is 17.6. The van der Waals surface area contributed by atoms with Crippen LogP contribution in [0.3, 0.4) is 0 Å². The molecular weight excluding hydrogens is 1540 g/mol. The lowest BCUT2D eigenvalue weighted by Crippen LogP contribution is -2.10.